The van der Waals surface area contributed by atoms with Gasteiger partial charge in [-0.2, -0.15) is 0 Å². The van der Waals surface area contributed by atoms with Gasteiger partial charge in [0.05, 0.1) is 11.1 Å². The van der Waals surface area contributed by atoms with Crippen LogP contribution in [0.25, 0.3) is 0 Å². The Morgan fingerprint density at radius 2 is 1.31 bits per heavy atom. The number of carbonyl (C=O) groups excluding carboxylic acids is 3. The van der Waals surface area contributed by atoms with Crippen molar-refractivity contribution < 1.29 is 14.4 Å². The summed E-state index contributed by atoms with van der Waals surface area (Å²) in [5.41, 5.74) is 1.90. The van der Waals surface area contributed by atoms with E-state index < -0.39 is 6.04 Å². The third-order valence-corrected chi connectivity index (χ3v) is 5.70. The van der Waals surface area contributed by atoms with E-state index in [9.17, 15) is 14.4 Å². The van der Waals surface area contributed by atoms with Crippen LogP contribution in [0.15, 0.2) is 54.6 Å². The molecule has 1 atom stereocenters. The number of hydrogen-bond acceptors (Lipinski definition) is 4. The summed E-state index contributed by atoms with van der Waals surface area (Å²) in [5, 5.41) is 0. The number of rotatable bonds is 4. The van der Waals surface area contributed by atoms with Crippen molar-refractivity contribution in [3.8, 4) is 0 Å². The molecule has 4 rings (SSSR count). The van der Waals surface area contributed by atoms with Gasteiger partial charge in [-0.25, -0.2) is 0 Å². The molecule has 6 heteroatoms. The van der Waals surface area contributed by atoms with Crippen LogP contribution in [-0.4, -0.2) is 59.7 Å². The zero-order chi connectivity index (χ0) is 20.5. The molecule has 2 heterocycles. The maximum Gasteiger partial charge on any atom is 0.262 e. The van der Waals surface area contributed by atoms with Gasteiger partial charge in [0.2, 0.25) is 5.91 Å². The molecule has 0 N–H and O–H groups in total. The summed E-state index contributed by atoms with van der Waals surface area (Å²) in [6.45, 7) is 6.35. The monoisotopic (exact) mass is 391 g/mol. The molecule has 2 aliphatic heterocycles. The fraction of sp³-hybridized carbons (Fsp3) is 0.348. The summed E-state index contributed by atoms with van der Waals surface area (Å²) in [6, 6.07) is 16.1. The molecular formula is C23H25N3O3. The highest BCUT2D eigenvalue weighted by atomic mass is 16.2. The van der Waals surface area contributed by atoms with Crippen LogP contribution in [0.1, 0.15) is 34.6 Å². The smallest absolute Gasteiger partial charge is 0.262 e. The van der Waals surface area contributed by atoms with Crippen molar-refractivity contribution in [1.29, 1.82) is 0 Å². The zero-order valence-corrected chi connectivity index (χ0v) is 16.7. The quantitative estimate of drug-likeness (QED) is 0.752. The minimum atomic E-state index is -0.786. The summed E-state index contributed by atoms with van der Waals surface area (Å²) < 4.78 is 0. The minimum Gasteiger partial charge on any atom is -0.368 e. The predicted molar refractivity (Wildman–Crippen MR) is 111 cm³/mol. The number of hydrogen-bond donors (Lipinski definition) is 0. The van der Waals surface area contributed by atoms with Crippen LogP contribution in [0.5, 0.6) is 0 Å². The fourth-order valence-corrected chi connectivity index (χ4v) is 4.17. The predicted octanol–water partition coefficient (Wildman–Crippen LogP) is 2.66. The van der Waals surface area contributed by atoms with Gasteiger partial charge >= 0.3 is 0 Å². The molecular weight excluding hydrogens is 366 g/mol. The van der Waals surface area contributed by atoms with E-state index in [0.29, 0.717) is 24.2 Å². The number of benzene rings is 2. The largest absolute Gasteiger partial charge is 0.368 e. The van der Waals surface area contributed by atoms with E-state index >= 15 is 0 Å². The van der Waals surface area contributed by atoms with Gasteiger partial charge in [-0.1, -0.05) is 44.2 Å². The summed E-state index contributed by atoms with van der Waals surface area (Å²) in [4.78, 5) is 44.4. The topological polar surface area (TPSA) is 60.9 Å². The van der Waals surface area contributed by atoms with Crippen LogP contribution in [0, 0.1) is 5.92 Å². The first-order chi connectivity index (χ1) is 14.0. The van der Waals surface area contributed by atoms with E-state index in [1.165, 1.54) is 4.90 Å². The number of anilines is 1. The highest BCUT2D eigenvalue weighted by Crippen LogP contribution is 2.28. The van der Waals surface area contributed by atoms with Gasteiger partial charge in [0.15, 0.2) is 0 Å². The Morgan fingerprint density at radius 3 is 1.83 bits per heavy atom. The Morgan fingerprint density at radius 1 is 0.793 bits per heavy atom. The number of fused-ring (bicyclic) bond motifs is 1. The van der Waals surface area contributed by atoms with E-state index in [2.05, 4.69) is 17.0 Å². The SMILES string of the molecule is CC(C)C(C(=O)N1CCN(c2ccccc2)CC1)N1C(=O)c2ccccc2C1=O. The highest BCUT2D eigenvalue weighted by Gasteiger charge is 2.45. The second kappa shape index (κ2) is 7.70. The average Bonchev–Trinajstić information content (AvgIpc) is 3.00. The van der Waals surface area contributed by atoms with Gasteiger partial charge in [-0.3, -0.25) is 19.3 Å². The van der Waals surface area contributed by atoms with Crippen LogP contribution in [-0.2, 0) is 4.79 Å². The fourth-order valence-electron chi connectivity index (χ4n) is 4.17. The normalized spacial score (nSPS) is 17.7. The summed E-state index contributed by atoms with van der Waals surface area (Å²) in [7, 11) is 0. The Kier molecular flexibility index (Phi) is 5.09. The standard InChI is InChI=1S/C23H25N3O3/c1-16(2)20(26-21(27)18-10-6-7-11-19(18)22(26)28)23(29)25-14-12-24(13-15-25)17-8-4-3-5-9-17/h3-11,16,20H,12-15H2,1-2H3. The van der Waals surface area contributed by atoms with Crippen LogP contribution < -0.4 is 4.90 Å². The summed E-state index contributed by atoms with van der Waals surface area (Å²) in [5.74, 6) is -1.07. The molecule has 0 aromatic heterocycles. The molecule has 150 valence electrons. The molecule has 0 aliphatic carbocycles. The molecule has 0 spiro atoms. The third kappa shape index (κ3) is 3.39. The first-order valence-electron chi connectivity index (χ1n) is 10.0. The van der Waals surface area contributed by atoms with E-state index in [1.807, 2.05) is 32.0 Å². The number of nitrogens with zero attached hydrogens (tertiary/aromatic N) is 3. The van der Waals surface area contributed by atoms with Gasteiger partial charge in [0.25, 0.3) is 11.8 Å². The summed E-state index contributed by atoms with van der Waals surface area (Å²) in [6.07, 6.45) is 0. The Hall–Kier alpha value is -3.15. The number of para-hydroxylation sites is 1. The molecule has 2 aromatic carbocycles. The highest BCUT2D eigenvalue weighted by molar-refractivity contribution is 6.22. The molecule has 0 bridgehead atoms. The number of carbonyl (C=O) groups is 3. The van der Waals surface area contributed by atoms with Crippen molar-refractivity contribution in [2.75, 3.05) is 31.1 Å². The average molecular weight is 391 g/mol. The van der Waals surface area contributed by atoms with Crippen LogP contribution in [0.2, 0.25) is 0 Å². The van der Waals surface area contributed by atoms with Crippen LogP contribution in [0.3, 0.4) is 0 Å². The van der Waals surface area contributed by atoms with Crippen molar-refractivity contribution >= 4 is 23.4 Å². The second-order valence-electron chi connectivity index (χ2n) is 7.86. The van der Waals surface area contributed by atoms with E-state index in [-0.39, 0.29) is 23.6 Å². The van der Waals surface area contributed by atoms with E-state index in [4.69, 9.17) is 0 Å². The zero-order valence-electron chi connectivity index (χ0n) is 16.7. The van der Waals surface area contributed by atoms with E-state index in [0.717, 1.165) is 18.8 Å². The Labute approximate surface area is 170 Å². The molecule has 2 aliphatic rings. The second-order valence-corrected chi connectivity index (χ2v) is 7.86. The first kappa shape index (κ1) is 19.2. The van der Waals surface area contributed by atoms with Crippen molar-refractivity contribution in [3.63, 3.8) is 0 Å². The lowest BCUT2D eigenvalue weighted by Crippen LogP contribution is -2.57. The molecule has 0 saturated carbocycles. The van der Waals surface area contributed by atoms with Gasteiger partial charge in [0, 0.05) is 31.9 Å². The van der Waals surface area contributed by atoms with Crippen molar-refractivity contribution in [1.82, 2.24) is 9.80 Å². The van der Waals surface area contributed by atoms with Gasteiger partial charge in [0.1, 0.15) is 6.04 Å². The number of imide groups is 1. The molecule has 1 fully saturated rings. The lowest BCUT2D eigenvalue weighted by atomic mass is 10.0. The minimum absolute atomic E-state index is 0.151. The van der Waals surface area contributed by atoms with Gasteiger partial charge in [-0.05, 0) is 30.2 Å². The summed E-state index contributed by atoms with van der Waals surface area (Å²) >= 11 is 0. The van der Waals surface area contributed by atoms with Crippen molar-refractivity contribution in [2.45, 2.75) is 19.9 Å². The third-order valence-electron chi connectivity index (χ3n) is 5.70. The van der Waals surface area contributed by atoms with Crippen LogP contribution in [0.4, 0.5) is 5.69 Å². The lowest BCUT2D eigenvalue weighted by molar-refractivity contribution is -0.137. The van der Waals surface area contributed by atoms with E-state index in [1.54, 1.807) is 29.2 Å². The molecule has 29 heavy (non-hydrogen) atoms. The Bertz CT molecular complexity index is 898. The molecule has 6 nitrogen and oxygen atoms in total. The van der Waals surface area contributed by atoms with Crippen LogP contribution >= 0.6 is 0 Å². The van der Waals surface area contributed by atoms with Crippen molar-refractivity contribution in [3.05, 3.63) is 65.7 Å². The number of amides is 3. The van der Waals surface area contributed by atoms with Gasteiger partial charge < -0.3 is 9.80 Å². The lowest BCUT2D eigenvalue weighted by Gasteiger charge is -2.39. The molecule has 1 saturated heterocycles. The maximum absolute atomic E-state index is 13.4. The molecule has 3 amide bonds. The number of piperazine rings is 1. The van der Waals surface area contributed by atoms with Crippen molar-refractivity contribution in [2.24, 2.45) is 5.92 Å². The Balaban J connectivity index is 1.51. The molecule has 1 unspecified atom stereocenters. The maximum atomic E-state index is 13.4. The van der Waals surface area contributed by atoms with Gasteiger partial charge in [-0.15, -0.1) is 0 Å². The first-order valence-corrected chi connectivity index (χ1v) is 10.0. The molecule has 2 aromatic rings. The molecule has 0 radical (unpaired) electrons.